The number of hydrogen-bond acceptors (Lipinski definition) is 3. The van der Waals surface area contributed by atoms with E-state index in [0.29, 0.717) is 34.0 Å². The van der Waals surface area contributed by atoms with E-state index in [4.69, 9.17) is 0 Å². The molecule has 0 amide bonds. The molecule has 0 aliphatic heterocycles. The van der Waals surface area contributed by atoms with Crippen molar-refractivity contribution in [3.8, 4) is 0 Å². The summed E-state index contributed by atoms with van der Waals surface area (Å²) >= 11 is 0. The van der Waals surface area contributed by atoms with E-state index in [1.165, 1.54) is 56.9 Å². The van der Waals surface area contributed by atoms with Crippen molar-refractivity contribution in [3.05, 3.63) is 35.9 Å². The Morgan fingerprint density at radius 1 is 0.857 bits per heavy atom. The maximum Gasteiger partial charge on any atom is 0.0576 e. The van der Waals surface area contributed by atoms with Gasteiger partial charge in [0.05, 0.1) is 12.2 Å². The van der Waals surface area contributed by atoms with Gasteiger partial charge in [-0.25, -0.2) is 0 Å². The van der Waals surface area contributed by atoms with Gasteiger partial charge in [-0.3, -0.25) is 0 Å². The van der Waals surface area contributed by atoms with Gasteiger partial charge in [-0.15, -0.1) is 0 Å². The summed E-state index contributed by atoms with van der Waals surface area (Å²) in [6.45, 7) is 9.50. The van der Waals surface area contributed by atoms with Crippen LogP contribution in [0.3, 0.4) is 0 Å². The van der Waals surface area contributed by atoms with Crippen molar-refractivity contribution in [3.63, 3.8) is 0 Å². The van der Waals surface area contributed by atoms with E-state index in [9.17, 15) is 10.2 Å². The lowest BCUT2D eigenvalue weighted by Gasteiger charge is -2.56. The van der Waals surface area contributed by atoms with Crippen molar-refractivity contribution in [1.29, 1.82) is 0 Å². The summed E-state index contributed by atoms with van der Waals surface area (Å²) in [4.78, 5) is 0. The van der Waals surface area contributed by atoms with Crippen LogP contribution >= 0.6 is 0 Å². The second kappa shape index (κ2) is 8.84. The number of nitrogens with one attached hydrogen (secondary N) is 1. The monoisotopic (exact) mass is 479 g/mol. The molecular weight excluding hydrogens is 430 g/mol. The van der Waals surface area contributed by atoms with Crippen LogP contribution in [-0.2, 0) is 6.54 Å². The molecule has 1 aromatic carbocycles. The number of benzene rings is 1. The summed E-state index contributed by atoms with van der Waals surface area (Å²) in [6.07, 6.45) is 12.1. The molecule has 6 rings (SSSR count). The van der Waals surface area contributed by atoms with Crippen molar-refractivity contribution in [1.82, 2.24) is 5.32 Å². The predicted molar refractivity (Wildman–Crippen MR) is 142 cm³/mol. The average molecular weight is 480 g/mol. The molecule has 0 saturated heterocycles. The minimum Gasteiger partial charge on any atom is -0.393 e. The lowest BCUT2D eigenvalue weighted by atomic mass is 9.48. The van der Waals surface area contributed by atoms with Gasteiger partial charge in [0.25, 0.3) is 0 Å². The van der Waals surface area contributed by atoms with Crippen LogP contribution in [-0.4, -0.2) is 29.0 Å². The minimum atomic E-state index is -0.104. The van der Waals surface area contributed by atoms with Gasteiger partial charge in [-0.2, -0.15) is 0 Å². The molecule has 3 N–H and O–H groups in total. The minimum absolute atomic E-state index is 0.0826. The molecule has 0 bridgehead atoms. The largest absolute Gasteiger partial charge is 0.393 e. The van der Waals surface area contributed by atoms with E-state index in [1.54, 1.807) is 0 Å². The van der Waals surface area contributed by atoms with Crippen LogP contribution in [0.2, 0.25) is 0 Å². The van der Waals surface area contributed by atoms with Crippen molar-refractivity contribution in [2.24, 2.45) is 51.8 Å². The van der Waals surface area contributed by atoms with Gasteiger partial charge in [-0.05, 0) is 122 Å². The molecule has 0 heterocycles. The summed E-state index contributed by atoms with van der Waals surface area (Å²) in [7, 11) is 0. The van der Waals surface area contributed by atoms with Gasteiger partial charge in [0.1, 0.15) is 0 Å². The van der Waals surface area contributed by atoms with Crippen molar-refractivity contribution < 1.29 is 10.2 Å². The molecule has 1 aromatic rings. The highest BCUT2D eigenvalue weighted by Crippen LogP contribution is 2.88. The first kappa shape index (κ1) is 24.4. The van der Waals surface area contributed by atoms with E-state index in [0.717, 1.165) is 43.7 Å². The molecule has 0 radical (unpaired) electrons. The van der Waals surface area contributed by atoms with Crippen molar-refractivity contribution in [2.75, 3.05) is 6.54 Å². The molecule has 10 unspecified atom stereocenters. The number of rotatable bonds is 7. The Hall–Kier alpha value is -0.900. The van der Waals surface area contributed by atoms with Crippen LogP contribution in [0.1, 0.15) is 90.5 Å². The van der Waals surface area contributed by atoms with Crippen LogP contribution in [0.5, 0.6) is 0 Å². The zero-order valence-corrected chi connectivity index (χ0v) is 22.4. The molecule has 3 nitrogen and oxygen atoms in total. The Morgan fingerprint density at radius 3 is 2.40 bits per heavy atom. The SMILES string of the molecule is CC1C(O)CCC23C1CCC1C4CC(O)C(CCCCNCc5ccccc5)C4(C)CCC12[C@@H]3C. The second-order valence-electron chi connectivity index (χ2n) is 13.7. The van der Waals surface area contributed by atoms with Crippen molar-refractivity contribution in [2.45, 2.75) is 104 Å². The van der Waals surface area contributed by atoms with Gasteiger partial charge in [0, 0.05) is 6.54 Å². The molecule has 5 fully saturated rings. The average Bonchev–Trinajstić information content (AvgIpc) is 3.28. The molecular formula is C32H49NO2. The van der Waals surface area contributed by atoms with Gasteiger partial charge in [0.2, 0.25) is 0 Å². The standard InChI is InChI=1S/C32H49NO2/c1-21-24-12-13-25-27-19-29(35)26(11-7-8-18-33-20-23-9-5-4-6-10-23)30(27,3)16-17-32(25)22(2)31(24,32)15-14-28(21)34/h4-6,9-10,21-22,24-29,33-35H,7-8,11-20H2,1-3H3/t21?,22-,24?,25?,26?,27?,28?,29?,30?,31?,32?/m1/s1. The van der Waals surface area contributed by atoms with Gasteiger partial charge in [-0.1, -0.05) is 57.5 Å². The zero-order chi connectivity index (χ0) is 24.4. The van der Waals surface area contributed by atoms with E-state index in [1.807, 2.05) is 0 Å². The third-order valence-corrected chi connectivity index (χ3v) is 13.0. The van der Waals surface area contributed by atoms with E-state index >= 15 is 0 Å². The van der Waals surface area contributed by atoms with Crippen LogP contribution < -0.4 is 5.32 Å². The third-order valence-electron chi connectivity index (χ3n) is 13.0. The third kappa shape index (κ3) is 3.40. The molecule has 35 heavy (non-hydrogen) atoms. The molecule has 11 atom stereocenters. The Bertz CT molecular complexity index is 904. The smallest absolute Gasteiger partial charge is 0.0576 e. The Labute approximate surface area is 213 Å². The molecule has 5 aliphatic carbocycles. The van der Waals surface area contributed by atoms with Crippen LogP contribution in [0.15, 0.2) is 30.3 Å². The quantitative estimate of drug-likeness (QED) is 0.409. The topological polar surface area (TPSA) is 52.5 Å². The summed E-state index contributed by atoms with van der Waals surface area (Å²) < 4.78 is 0. The number of fused-ring (bicyclic) bond motifs is 2. The first-order valence-corrected chi connectivity index (χ1v) is 15.0. The molecule has 0 aromatic heterocycles. The molecule has 194 valence electrons. The molecule has 3 heteroatoms. The fourth-order valence-corrected chi connectivity index (χ4v) is 11.4. The number of unbranched alkanes of at least 4 members (excludes halogenated alkanes) is 1. The Morgan fingerprint density at radius 2 is 1.60 bits per heavy atom. The highest BCUT2D eigenvalue weighted by molar-refractivity contribution is 5.31. The highest BCUT2D eigenvalue weighted by atomic mass is 16.3. The van der Waals surface area contributed by atoms with Crippen LogP contribution in [0, 0.1) is 51.8 Å². The van der Waals surface area contributed by atoms with Crippen LogP contribution in [0.4, 0.5) is 0 Å². The molecule has 5 aliphatic rings. The zero-order valence-electron chi connectivity index (χ0n) is 22.4. The predicted octanol–water partition coefficient (Wildman–Crippen LogP) is 6.18. The van der Waals surface area contributed by atoms with Crippen LogP contribution in [0.25, 0.3) is 0 Å². The Balaban J connectivity index is 1.09. The van der Waals surface area contributed by atoms with Gasteiger partial charge < -0.3 is 15.5 Å². The van der Waals surface area contributed by atoms with Gasteiger partial charge in [0.15, 0.2) is 0 Å². The summed E-state index contributed by atoms with van der Waals surface area (Å²) in [5, 5.41) is 25.6. The normalized spacial score (nSPS) is 50.1. The maximum atomic E-state index is 11.3. The van der Waals surface area contributed by atoms with Gasteiger partial charge >= 0.3 is 0 Å². The first-order chi connectivity index (χ1) is 16.9. The van der Waals surface area contributed by atoms with Crippen molar-refractivity contribution >= 4 is 0 Å². The fourth-order valence-electron chi connectivity index (χ4n) is 11.4. The van der Waals surface area contributed by atoms with E-state index in [2.05, 4.69) is 56.4 Å². The molecule has 5 saturated carbocycles. The maximum absolute atomic E-state index is 11.3. The Kier molecular flexibility index (Phi) is 6.18. The second-order valence-corrected chi connectivity index (χ2v) is 13.7. The fraction of sp³-hybridized carbons (Fsp3) is 0.812. The number of aliphatic hydroxyl groups excluding tert-OH is 2. The summed E-state index contributed by atoms with van der Waals surface area (Å²) in [5.74, 6) is 4.01. The number of hydrogen-bond donors (Lipinski definition) is 3. The van der Waals surface area contributed by atoms with E-state index < -0.39 is 0 Å². The highest BCUT2D eigenvalue weighted by Gasteiger charge is 2.83. The number of aliphatic hydroxyl groups is 2. The summed E-state index contributed by atoms with van der Waals surface area (Å²) in [5.41, 5.74) is 2.70. The summed E-state index contributed by atoms with van der Waals surface area (Å²) in [6, 6.07) is 10.7. The molecule has 2 spiro atoms. The lowest BCUT2D eigenvalue weighted by molar-refractivity contribution is -0.0986. The first-order valence-electron chi connectivity index (χ1n) is 15.0. The van der Waals surface area contributed by atoms with E-state index in [-0.39, 0.29) is 12.2 Å². The lowest BCUT2D eigenvalue weighted by Crippen LogP contribution is -2.51.